The number of esters is 1. The first-order valence-electron chi connectivity index (χ1n) is 5.54. The summed E-state index contributed by atoms with van der Waals surface area (Å²) < 4.78 is 4.77. The maximum Gasteiger partial charge on any atom is 0.340 e. The first kappa shape index (κ1) is 14.9. The SMILES string of the molecule is CCOC(=O)c1cc(C(O)C(O)C(=O)O)ccc1N. The Labute approximate surface area is 109 Å². The highest BCUT2D eigenvalue weighted by atomic mass is 16.5. The molecule has 19 heavy (non-hydrogen) atoms. The predicted molar refractivity (Wildman–Crippen MR) is 65.4 cm³/mol. The number of aliphatic hydroxyl groups is 2. The molecule has 1 rings (SSSR count). The van der Waals surface area contributed by atoms with Crippen LogP contribution in [0.15, 0.2) is 18.2 Å². The third-order valence-corrected chi connectivity index (χ3v) is 2.47. The topological polar surface area (TPSA) is 130 Å². The molecule has 0 saturated carbocycles. The van der Waals surface area contributed by atoms with Gasteiger partial charge in [0.1, 0.15) is 6.10 Å². The molecule has 0 saturated heterocycles. The number of ether oxygens (including phenoxy) is 1. The fourth-order valence-corrected chi connectivity index (χ4v) is 1.46. The summed E-state index contributed by atoms with van der Waals surface area (Å²) in [5.74, 6) is -2.25. The third-order valence-electron chi connectivity index (χ3n) is 2.47. The molecule has 0 aromatic heterocycles. The van der Waals surface area contributed by atoms with Crippen LogP contribution >= 0.6 is 0 Å². The zero-order valence-electron chi connectivity index (χ0n) is 10.2. The summed E-state index contributed by atoms with van der Waals surface area (Å²) in [6.07, 6.45) is -3.65. The number of rotatable bonds is 5. The summed E-state index contributed by atoms with van der Waals surface area (Å²) in [6.45, 7) is 1.78. The van der Waals surface area contributed by atoms with Crippen LogP contribution in [0.1, 0.15) is 28.9 Å². The van der Waals surface area contributed by atoms with Gasteiger partial charge in [0.2, 0.25) is 0 Å². The summed E-state index contributed by atoms with van der Waals surface area (Å²) in [5, 5.41) is 27.5. The highest BCUT2D eigenvalue weighted by molar-refractivity contribution is 5.95. The summed E-state index contributed by atoms with van der Waals surface area (Å²) >= 11 is 0. The van der Waals surface area contributed by atoms with Crippen LogP contribution in [0.4, 0.5) is 5.69 Å². The van der Waals surface area contributed by atoms with Gasteiger partial charge in [0.25, 0.3) is 0 Å². The number of hydrogen-bond donors (Lipinski definition) is 4. The Morgan fingerprint density at radius 2 is 2.00 bits per heavy atom. The molecule has 7 heteroatoms. The number of nitrogen functional groups attached to an aromatic ring is 1. The quantitative estimate of drug-likeness (QED) is 0.434. The lowest BCUT2D eigenvalue weighted by atomic mass is 10.0. The van der Waals surface area contributed by atoms with Crippen molar-refractivity contribution in [1.29, 1.82) is 0 Å². The van der Waals surface area contributed by atoms with Crippen molar-refractivity contribution in [3.63, 3.8) is 0 Å². The Bertz CT molecular complexity index is 487. The average molecular weight is 269 g/mol. The second-order valence-electron chi connectivity index (χ2n) is 3.80. The van der Waals surface area contributed by atoms with Gasteiger partial charge in [0.15, 0.2) is 6.10 Å². The van der Waals surface area contributed by atoms with Crippen molar-refractivity contribution in [3.8, 4) is 0 Å². The molecule has 0 aliphatic heterocycles. The molecule has 0 amide bonds. The summed E-state index contributed by atoms with van der Waals surface area (Å²) in [6, 6.07) is 3.86. The van der Waals surface area contributed by atoms with Gasteiger partial charge in [0.05, 0.1) is 12.2 Å². The number of carboxylic acid groups (broad SMARTS) is 1. The molecular formula is C12H15NO6. The normalized spacial score (nSPS) is 13.6. The Hall–Kier alpha value is -2.12. The molecule has 0 radical (unpaired) electrons. The summed E-state index contributed by atoms with van der Waals surface area (Å²) in [7, 11) is 0. The van der Waals surface area contributed by atoms with Gasteiger partial charge in [-0.3, -0.25) is 0 Å². The second kappa shape index (κ2) is 6.17. The van der Waals surface area contributed by atoms with Gasteiger partial charge in [-0.1, -0.05) is 6.07 Å². The lowest BCUT2D eigenvalue weighted by molar-refractivity contribution is -0.153. The van der Waals surface area contributed by atoms with Crippen molar-refractivity contribution in [2.45, 2.75) is 19.1 Å². The van der Waals surface area contributed by atoms with Gasteiger partial charge >= 0.3 is 11.9 Å². The fourth-order valence-electron chi connectivity index (χ4n) is 1.46. The third kappa shape index (κ3) is 3.43. The first-order chi connectivity index (χ1) is 8.88. The molecule has 0 aliphatic carbocycles. The van der Waals surface area contributed by atoms with E-state index in [0.717, 1.165) is 0 Å². The number of benzene rings is 1. The number of carbonyl (C=O) groups excluding carboxylic acids is 1. The summed E-state index contributed by atoms with van der Waals surface area (Å²) in [5.41, 5.74) is 5.81. The van der Waals surface area contributed by atoms with E-state index in [-0.39, 0.29) is 23.4 Å². The van der Waals surface area contributed by atoms with Crippen molar-refractivity contribution in [1.82, 2.24) is 0 Å². The maximum absolute atomic E-state index is 11.6. The minimum atomic E-state index is -1.99. The monoisotopic (exact) mass is 269 g/mol. The number of carbonyl (C=O) groups is 2. The zero-order chi connectivity index (χ0) is 14.6. The maximum atomic E-state index is 11.6. The lowest BCUT2D eigenvalue weighted by Gasteiger charge is -2.15. The van der Waals surface area contributed by atoms with Crippen molar-refractivity contribution in [3.05, 3.63) is 29.3 Å². The van der Waals surface area contributed by atoms with Gasteiger partial charge in [-0.25, -0.2) is 9.59 Å². The van der Waals surface area contributed by atoms with E-state index >= 15 is 0 Å². The molecule has 2 atom stereocenters. The van der Waals surface area contributed by atoms with E-state index in [1.54, 1.807) is 6.92 Å². The van der Waals surface area contributed by atoms with Gasteiger partial charge in [-0.15, -0.1) is 0 Å². The van der Waals surface area contributed by atoms with Crippen LogP contribution in [0.5, 0.6) is 0 Å². The number of carboxylic acids is 1. The number of aliphatic carboxylic acids is 1. The lowest BCUT2D eigenvalue weighted by Crippen LogP contribution is -2.27. The average Bonchev–Trinajstić information content (AvgIpc) is 2.37. The number of anilines is 1. The van der Waals surface area contributed by atoms with Crippen LogP contribution in [-0.4, -0.2) is 40.0 Å². The predicted octanol–water partition coefficient (Wildman–Crippen LogP) is -0.0756. The van der Waals surface area contributed by atoms with E-state index in [4.69, 9.17) is 15.6 Å². The highest BCUT2D eigenvalue weighted by Crippen LogP contribution is 2.22. The Morgan fingerprint density at radius 3 is 2.53 bits per heavy atom. The largest absolute Gasteiger partial charge is 0.479 e. The number of hydrogen-bond acceptors (Lipinski definition) is 6. The number of nitrogens with two attached hydrogens (primary N) is 1. The van der Waals surface area contributed by atoms with Crippen molar-refractivity contribution >= 4 is 17.6 Å². The Balaban J connectivity index is 3.08. The molecule has 0 aliphatic rings. The molecule has 2 unspecified atom stereocenters. The fraction of sp³-hybridized carbons (Fsp3) is 0.333. The zero-order valence-corrected chi connectivity index (χ0v) is 10.2. The van der Waals surface area contributed by atoms with Gasteiger partial charge in [0, 0.05) is 5.69 Å². The molecule has 5 N–H and O–H groups in total. The van der Waals surface area contributed by atoms with Gasteiger partial charge < -0.3 is 25.8 Å². The first-order valence-corrected chi connectivity index (χ1v) is 5.54. The minimum Gasteiger partial charge on any atom is -0.479 e. The van der Waals surface area contributed by atoms with E-state index < -0.39 is 24.1 Å². The van der Waals surface area contributed by atoms with Crippen LogP contribution in [-0.2, 0) is 9.53 Å². The van der Waals surface area contributed by atoms with Crippen LogP contribution in [0, 0.1) is 0 Å². The van der Waals surface area contributed by atoms with Crippen molar-refractivity contribution < 1.29 is 29.6 Å². The Morgan fingerprint density at radius 1 is 1.37 bits per heavy atom. The molecule has 7 nitrogen and oxygen atoms in total. The molecule has 0 heterocycles. The molecule has 0 fully saturated rings. The number of aliphatic hydroxyl groups excluding tert-OH is 2. The van der Waals surface area contributed by atoms with Crippen LogP contribution in [0.2, 0.25) is 0 Å². The summed E-state index contributed by atoms with van der Waals surface area (Å²) in [4.78, 5) is 22.2. The van der Waals surface area contributed by atoms with E-state index in [1.165, 1.54) is 18.2 Å². The van der Waals surface area contributed by atoms with E-state index in [2.05, 4.69) is 0 Å². The van der Waals surface area contributed by atoms with Gasteiger partial charge in [-0.05, 0) is 24.6 Å². The molecule has 1 aromatic carbocycles. The standard InChI is InChI=1S/C12H15NO6/c1-2-19-12(18)7-5-6(3-4-8(7)13)9(14)10(15)11(16)17/h3-5,9-10,14-15H,2,13H2,1H3,(H,16,17). The van der Waals surface area contributed by atoms with Crippen molar-refractivity contribution in [2.24, 2.45) is 0 Å². The molecular weight excluding hydrogens is 254 g/mol. The van der Waals surface area contributed by atoms with Crippen LogP contribution < -0.4 is 5.73 Å². The van der Waals surface area contributed by atoms with Crippen LogP contribution in [0.3, 0.4) is 0 Å². The smallest absolute Gasteiger partial charge is 0.340 e. The highest BCUT2D eigenvalue weighted by Gasteiger charge is 2.26. The van der Waals surface area contributed by atoms with Crippen LogP contribution in [0.25, 0.3) is 0 Å². The molecule has 104 valence electrons. The van der Waals surface area contributed by atoms with Crippen molar-refractivity contribution in [2.75, 3.05) is 12.3 Å². The Kier molecular flexibility index (Phi) is 4.85. The van der Waals surface area contributed by atoms with E-state index in [9.17, 15) is 19.8 Å². The molecule has 1 aromatic rings. The van der Waals surface area contributed by atoms with E-state index in [0.29, 0.717) is 0 Å². The molecule has 0 bridgehead atoms. The van der Waals surface area contributed by atoms with Gasteiger partial charge in [-0.2, -0.15) is 0 Å². The minimum absolute atomic E-state index is 0.0102. The van der Waals surface area contributed by atoms with E-state index in [1.807, 2.05) is 0 Å². The molecule has 0 spiro atoms. The second-order valence-corrected chi connectivity index (χ2v) is 3.80.